The van der Waals surface area contributed by atoms with Crippen molar-refractivity contribution in [2.45, 2.75) is 13.5 Å². The number of hydrogen-bond donors (Lipinski definition) is 1. The lowest BCUT2D eigenvalue weighted by Gasteiger charge is -2.11. The molecule has 1 aromatic heterocycles. The summed E-state index contributed by atoms with van der Waals surface area (Å²) < 4.78 is 18.9. The third kappa shape index (κ3) is 3.54. The van der Waals surface area contributed by atoms with Crippen LogP contribution in [0.25, 0.3) is 0 Å². The van der Waals surface area contributed by atoms with Crippen molar-refractivity contribution in [1.82, 2.24) is 4.98 Å². The largest absolute Gasteiger partial charge is 0.488 e. The average Bonchev–Trinajstić information content (AvgIpc) is 2.52. The van der Waals surface area contributed by atoms with Crippen molar-refractivity contribution in [3.63, 3.8) is 0 Å². The topological polar surface area (TPSA) is 78.5 Å². The molecule has 1 N–H and O–H groups in total. The second-order valence-electron chi connectivity index (χ2n) is 4.28. The number of nitriles is 1. The molecular weight excluding hydrogens is 273 g/mol. The van der Waals surface area contributed by atoms with E-state index in [2.05, 4.69) is 10.1 Å². The highest BCUT2D eigenvalue weighted by Crippen LogP contribution is 2.22. The molecule has 0 saturated heterocycles. The van der Waals surface area contributed by atoms with Gasteiger partial charge in [-0.05, 0) is 36.8 Å². The molecule has 0 unspecified atom stereocenters. The number of oxime groups is 1. The summed E-state index contributed by atoms with van der Waals surface area (Å²) in [5, 5.41) is 20.7. The van der Waals surface area contributed by atoms with Gasteiger partial charge in [-0.25, -0.2) is 9.37 Å². The van der Waals surface area contributed by atoms with Crippen molar-refractivity contribution in [2.24, 2.45) is 5.16 Å². The number of hydrogen-bond acceptors (Lipinski definition) is 5. The lowest BCUT2D eigenvalue weighted by atomic mass is 10.1. The van der Waals surface area contributed by atoms with E-state index in [0.29, 0.717) is 11.3 Å². The van der Waals surface area contributed by atoms with E-state index in [4.69, 9.17) is 15.2 Å². The Morgan fingerprint density at radius 1 is 1.43 bits per heavy atom. The van der Waals surface area contributed by atoms with Gasteiger partial charge in [0.25, 0.3) is 0 Å². The number of nitrogens with zero attached hydrogens (tertiary/aromatic N) is 3. The van der Waals surface area contributed by atoms with Crippen LogP contribution in [0.2, 0.25) is 0 Å². The Bertz CT molecular complexity index is 723. The molecule has 5 nitrogen and oxygen atoms in total. The molecule has 0 radical (unpaired) electrons. The Morgan fingerprint density at radius 3 is 2.95 bits per heavy atom. The Labute approximate surface area is 120 Å². The molecule has 1 aromatic carbocycles. The van der Waals surface area contributed by atoms with E-state index in [0.717, 1.165) is 5.56 Å². The maximum absolute atomic E-state index is 13.3. The van der Waals surface area contributed by atoms with Gasteiger partial charge in [-0.3, -0.25) is 0 Å². The Balaban J connectivity index is 2.23. The van der Waals surface area contributed by atoms with Gasteiger partial charge in [-0.1, -0.05) is 5.16 Å². The van der Waals surface area contributed by atoms with Gasteiger partial charge < -0.3 is 9.94 Å². The molecule has 0 spiro atoms. The Hall–Kier alpha value is -2.94. The number of ether oxygens (including phenoxy) is 1. The van der Waals surface area contributed by atoms with E-state index in [-0.39, 0.29) is 18.1 Å². The Morgan fingerprint density at radius 2 is 2.24 bits per heavy atom. The first-order valence-electron chi connectivity index (χ1n) is 6.10. The van der Waals surface area contributed by atoms with E-state index in [1.54, 1.807) is 19.1 Å². The molecule has 0 bridgehead atoms. The predicted octanol–water partition coefficient (Wildman–Crippen LogP) is 2.87. The third-order valence-corrected chi connectivity index (χ3v) is 2.82. The molecule has 0 aliphatic heterocycles. The van der Waals surface area contributed by atoms with Crippen LogP contribution in [0.15, 0.2) is 41.7 Å². The van der Waals surface area contributed by atoms with Crippen LogP contribution in [0.4, 0.5) is 4.39 Å². The highest BCUT2D eigenvalue weighted by atomic mass is 19.1. The molecule has 2 rings (SSSR count). The molecule has 0 atom stereocenters. The summed E-state index contributed by atoms with van der Waals surface area (Å²) in [6.07, 6.45) is 1.50. The average molecular weight is 285 g/mol. The molecule has 0 aliphatic rings. The minimum atomic E-state index is -0.452. The van der Waals surface area contributed by atoms with Gasteiger partial charge in [0.15, 0.2) is 0 Å². The lowest BCUT2D eigenvalue weighted by molar-refractivity contribution is 0.301. The second kappa shape index (κ2) is 6.48. The molecule has 2 aromatic rings. The van der Waals surface area contributed by atoms with E-state index in [9.17, 15) is 4.39 Å². The van der Waals surface area contributed by atoms with E-state index >= 15 is 0 Å². The standard InChI is InChI=1S/C15H12FN3O2/c1-10(19-20)14-3-2-12(16)7-15(14)21-9-11-4-5-18-13(6-11)8-17/h2-7,20H,9H2,1H3. The molecule has 1 heterocycles. The maximum atomic E-state index is 13.3. The zero-order chi connectivity index (χ0) is 15.2. The van der Waals surface area contributed by atoms with Crippen LogP contribution in [0, 0.1) is 17.1 Å². The SMILES string of the molecule is CC(=NO)c1ccc(F)cc1OCc1ccnc(C#N)c1. The van der Waals surface area contributed by atoms with Gasteiger partial charge >= 0.3 is 0 Å². The van der Waals surface area contributed by atoms with Crippen LogP contribution in [-0.2, 0) is 6.61 Å². The van der Waals surface area contributed by atoms with E-state index < -0.39 is 5.82 Å². The van der Waals surface area contributed by atoms with Crippen LogP contribution in [0.3, 0.4) is 0 Å². The van der Waals surface area contributed by atoms with Crippen molar-refractivity contribution in [3.05, 3.63) is 59.2 Å². The fraction of sp³-hybridized carbons (Fsp3) is 0.133. The first-order chi connectivity index (χ1) is 10.1. The van der Waals surface area contributed by atoms with Gasteiger partial charge in [0.1, 0.15) is 29.9 Å². The summed E-state index contributed by atoms with van der Waals surface area (Å²) in [6, 6.07) is 9.18. The summed E-state index contributed by atoms with van der Waals surface area (Å²) in [5.41, 5.74) is 1.82. The fourth-order valence-corrected chi connectivity index (χ4v) is 1.75. The van der Waals surface area contributed by atoms with E-state index in [1.807, 2.05) is 6.07 Å². The molecule has 0 fully saturated rings. The number of rotatable bonds is 4. The normalized spacial score (nSPS) is 11.0. The summed E-state index contributed by atoms with van der Waals surface area (Å²) in [6.45, 7) is 1.73. The van der Waals surface area contributed by atoms with Gasteiger partial charge in [0.2, 0.25) is 0 Å². The number of pyridine rings is 1. The molecule has 6 heteroatoms. The van der Waals surface area contributed by atoms with Crippen LogP contribution >= 0.6 is 0 Å². The summed E-state index contributed by atoms with van der Waals surface area (Å²) in [5.74, 6) is -0.187. The smallest absolute Gasteiger partial charge is 0.140 e. The van der Waals surface area contributed by atoms with Crippen LogP contribution < -0.4 is 4.74 Å². The summed E-state index contributed by atoms with van der Waals surface area (Å²) in [4.78, 5) is 3.86. The second-order valence-corrected chi connectivity index (χ2v) is 4.28. The van der Waals surface area contributed by atoms with Gasteiger partial charge in [0.05, 0.1) is 5.71 Å². The van der Waals surface area contributed by atoms with Crippen molar-refractivity contribution < 1.29 is 14.3 Å². The van der Waals surface area contributed by atoms with Crippen molar-refractivity contribution in [3.8, 4) is 11.8 Å². The van der Waals surface area contributed by atoms with Crippen LogP contribution in [0.1, 0.15) is 23.7 Å². The quantitative estimate of drug-likeness (QED) is 0.532. The molecule has 106 valence electrons. The summed E-state index contributed by atoms with van der Waals surface area (Å²) in [7, 11) is 0. The van der Waals surface area contributed by atoms with Crippen molar-refractivity contribution >= 4 is 5.71 Å². The summed E-state index contributed by atoms with van der Waals surface area (Å²) >= 11 is 0. The van der Waals surface area contributed by atoms with Crippen LogP contribution in [0.5, 0.6) is 5.75 Å². The number of benzene rings is 1. The molecule has 21 heavy (non-hydrogen) atoms. The van der Waals surface area contributed by atoms with Crippen molar-refractivity contribution in [2.75, 3.05) is 0 Å². The van der Waals surface area contributed by atoms with E-state index in [1.165, 1.54) is 24.4 Å². The highest BCUT2D eigenvalue weighted by Gasteiger charge is 2.09. The monoisotopic (exact) mass is 285 g/mol. The molecule has 0 aliphatic carbocycles. The number of halogens is 1. The van der Waals surface area contributed by atoms with Crippen molar-refractivity contribution in [1.29, 1.82) is 5.26 Å². The third-order valence-electron chi connectivity index (χ3n) is 2.82. The zero-order valence-corrected chi connectivity index (χ0v) is 11.2. The highest BCUT2D eigenvalue weighted by molar-refractivity contribution is 6.00. The van der Waals surface area contributed by atoms with Gasteiger partial charge in [-0.15, -0.1) is 0 Å². The molecule has 0 saturated carbocycles. The first kappa shape index (κ1) is 14.5. The minimum absolute atomic E-state index is 0.145. The van der Waals surface area contributed by atoms with Gasteiger partial charge in [-0.2, -0.15) is 5.26 Å². The first-order valence-corrected chi connectivity index (χ1v) is 6.10. The fourth-order valence-electron chi connectivity index (χ4n) is 1.75. The minimum Gasteiger partial charge on any atom is -0.488 e. The lowest BCUT2D eigenvalue weighted by Crippen LogP contribution is -2.03. The maximum Gasteiger partial charge on any atom is 0.140 e. The zero-order valence-electron chi connectivity index (χ0n) is 11.2. The van der Waals surface area contributed by atoms with Gasteiger partial charge in [0, 0.05) is 17.8 Å². The van der Waals surface area contributed by atoms with Crippen LogP contribution in [-0.4, -0.2) is 15.9 Å². The predicted molar refractivity (Wildman–Crippen MR) is 73.7 cm³/mol. The molecular formula is C15H12FN3O2. The number of aromatic nitrogens is 1. The Kier molecular flexibility index (Phi) is 4.46. The molecule has 0 amide bonds.